The minimum Gasteiger partial charge on any atom is -0.333 e. The Hall–Kier alpha value is -0.650. The average Bonchev–Trinajstić information content (AvgIpc) is 3.09. The lowest BCUT2D eigenvalue weighted by Crippen LogP contribution is -1.93. The van der Waals surface area contributed by atoms with Crippen molar-refractivity contribution in [3.63, 3.8) is 0 Å². The molecule has 2 aromatic heterocycles. The lowest BCUT2D eigenvalue weighted by atomic mass is 10.1. The van der Waals surface area contributed by atoms with Gasteiger partial charge in [-0.3, -0.25) is 0 Å². The molecule has 1 saturated carbocycles. The van der Waals surface area contributed by atoms with Gasteiger partial charge in [-0.15, -0.1) is 5.10 Å². The van der Waals surface area contributed by atoms with Crippen LogP contribution in [0.5, 0.6) is 0 Å². The number of H-pyrrole nitrogens is 1. The molecule has 0 atom stereocenters. The highest BCUT2D eigenvalue weighted by Gasteiger charge is 2.29. The van der Waals surface area contributed by atoms with Crippen molar-refractivity contribution < 1.29 is 0 Å². The topological polar surface area (TPSA) is 41.6 Å². The Morgan fingerprint density at radius 1 is 1.41 bits per heavy atom. The molecule has 0 bridgehead atoms. The molecule has 17 heavy (non-hydrogen) atoms. The standard InChI is InChI=1S/C13H15IN3/c1-2-3-4-9-7-10-11(8-5-6-8)12(14)15-13(10)17-16-9/h7-8H,1-6H2,(H,15,17). The molecule has 89 valence electrons. The molecular formula is C13H15IN3. The van der Waals surface area contributed by atoms with Gasteiger partial charge < -0.3 is 4.98 Å². The predicted octanol–water partition coefficient (Wildman–Crippen LogP) is 3.60. The van der Waals surface area contributed by atoms with Gasteiger partial charge in [0.25, 0.3) is 0 Å². The summed E-state index contributed by atoms with van der Waals surface area (Å²) in [6.45, 7) is 3.87. The van der Waals surface area contributed by atoms with Crippen molar-refractivity contribution in [1.29, 1.82) is 0 Å². The Morgan fingerprint density at radius 2 is 2.24 bits per heavy atom. The zero-order valence-corrected chi connectivity index (χ0v) is 11.8. The quantitative estimate of drug-likeness (QED) is 0.864. The van der Waals surface area contributed by atoms with Crippen molar-refractivity contribution in [1.82, 2.24) is 15.2 Å². The summed E-state index contributed by atoms with van der Waals surface area (Å²) in [5, 5.41) is 9.84. The van der Waals surface area contributed by atoms with E-state index in [0.29, 0.717) is 0 Å². The van der Waals surface area contributed by atoms with E-state index in [2.05, 4.69) is 50.8 Å². The maximum Gasteiger partial charge on any atom is 0.161 e. The van der Waals surface area contributed by atoms with Gasteiger partial charge in [-0.25, -0.2) is 0 Å². The third-order valence-corrected chi connectivity index (χ3v) is 4.12. The van der Waals surface area contributed by atoms with Gasteiger partial charge in [0, 0.05) is 5.39 Å². The first kappa shape index (κ1) is 11.4. The van der Waals surface area contributed by atoms with Crippen molar-refractivity contribution >= 4 is 33.6 Å². The SMILES string of the molecule is [CH2]CCCc1cc2c(C3CC3)c(I)[nH]c2nn1. The molecule has 0 unspecified atom stereocenters. The van der Waals surface area contributed by atoms with Gasteiger partial charge in [0.15, 0.2) is 5.65 Å². The first-order valence-corrected chi connectivity index (χ1v) is 7.20. The van der Waals surface area contributed by atoms with Crippen LogP contribution in [0.15, 0.2) is 6.07 Å². The summed E-state index contributed by atoms with van der Waals surface area (Å²) < 4.78 is 1.24. The van der Waals surface area contributed by atoms with E-state index in [0.717, 1.165) is 36.5 Å². The van der Waals surface area contributed by atoms with Gasteiger partial charge in [0.1, 0.15) is 0 Å². The van der Waals surface area contributed by atoms with Crippen LogP contribution in [0.2, 0.25) is 0 Å². The first-order chi connectivity index (χ1) is 8.29. The van der Waals surface area contributed by atoms with Gasteiger partial charge in [-0.1, -0.05) is 13.3 Å². The average molecular weight is 340 g/mol. The summed E-state index contributed by atoms with van der Waals surface area (Å²) in [6, 6.07) is 2.21. The van der Waals surface area contributed by atoms with Gasteiger partial charge in [-0.05, 0) is 65.8 Å². The van der Waals surface area contributed by atoms with Crippen LogP contribution in [-0.4, -0.2) is 15.2 Å². The van der Waals surface area contributed by atoms with E-state index in [-0.39, 0.29) is 0 Å². The van der Waals surface area contributed by atoms with E-state index in [1.54, 1.807) is 0 Å². The van der Waals surface area contributed by atoms with Gasteiger partial charge in [-0.2, -0.15) is 5.10 Å². The third kappa shape index (κ3) is 2.19. The molecule has 3 rings (SSSR count). The Kier molecular flexibility index (Phi) is 3.06. The minimum absolute atomic E-state index is 0.751. The van der Waals surface area contributed by atoms with Crippen molar-refractivity contribution in [2.75, 3.05) is 0 Å². The minimum atomic E-state index is 0.751. The van der Waals surface area contributed by atoms with Crippen LogP contribution in [0.4, 0.5) is 0 Å². The summed E-state index contributed by atoms with van der Waals surface area (Å²) >= 11 is 2.38. The van der Waals surface area contributed by atoms with E-state index in [1.807, 2.05) is 0 Å². The molecule has 1 N–H and O–H groups in total. The zero-order valence-electron chi connectivity index (χ0n) is 9.67. The lowest BCUT2D eigenvalue weighted by molar-refractivity contribution is 0.797. The second-order valence-corrected chi connectivity index (χ2v) is 5.76. The number of aryl methyl sites for hydroxylation is 1. The number of nitrogens with zero attached hydrogens (tertiary/aromatic N) is 2. The molecule has 1 aliphatic rings. The van der Waals surface area contributed by atoms with Crippen molar-refractivity contribution in [3.05, 3.63) is 27.9 Å². The van der Waals surface area contributed by atoms with Crippen LogP contribution >= 0.6 is 22.6 Å². The van der Waals surface area contributed by atoms with E-state index in [1.165, 1.54) is 27.5 Å². The van der Waals surface area contributed by atoms with Crippen molar-refractivity contribution in [2.45, 2.75) is 38.0 Å². The molecule has 0 spiro atoms. The monoisotopic (exact) mass is 340 g/mol. The highest BCUT2D eigenvalue weighted by atomic mass is 127. The highest BCUT2D eigenvalue weighted by Crippen LogP contribution is 2.45. The van der Waals surface area contributed by atoms with E-state index in [9.17, 15) is 0 Å². The Bertz CT molecular complexity index is 543. The van der Waals surface area contributed by atoms with Gasteiger partial charge in [0.05, 0.1) is 9.39 Å². The van der Waals surface area contributed by atoms with Crippen LogP contribution in [0, 0.1) is 10.6 Å². The first-order valence-electron chi connectivity index (χ1n) is 6.12. The summed E-state index contributed by atoms with van der Waals surface area (Å²) in [5.74, 6) is 0.751. The third-order valence-electron chi connectivity index (χ3n) is 3.27. The number of rotatable bonds is 4. The number of halogens is 1. The van der Waals surface area contributed by atoms with E-state index >= 15 is 0 Å². The maximum atomic E-state index is 4.29. The number of nitrogens with one attached hydrogen (secondary N) is 1. The van der Waals surface area contributed by atoms with E-state index in [4.69, 9.17) is 0 Å². The Balaban J connectivity index is 2.03. The fourth-order valence-electron chi connectivity index (χ4n) is 2.22. The molecule has 2 aromatic rings. The smallest absolute Gasteiger partial charge is 0.161 e. The normalized spacial score (nSPS) is 15.6. The second-order valence-electron chi connectivity index (χ2n) is 4.68. The summed E-state index contributed by atoms with van der Waals surface area (Å²) in [7, 11) is 0. The Labute approximate surface area is 115 Å². The number of aromatic nitrogens is 3. The molecule has 0 saturated heterocycles. The van der Waals surface area contributed by atoms with Crippen molar-refractivity contribution in [3.8, 4) is 0 Å². The van der Waals surface area contributed by atoms with Crippen LogP contribution in [0.25, 0.3) is 11.0 Å². The Morgan fingerprint density at radius 3 is 2.94 bits per heavy atom. The molecule has 1 fully saturated rings. The van der Waals surface area contributed by atoms with Gasteiger partial charge in [0.2, 0.25) is 0 Å². The number of unbranched alkanes of at least 4 members (excludes halogenated alkanes) is 1. The molecule has 4 heteroatoms. The van der Waals surface area contributed by atoms with Crippen LogP contribution in [0.3, 0.4) is 0 Å². The largest absolute Gasteiger partial charge is 0.333 e. The highest BCUT2D eigenvalue weighted by molar-refractivity contribution is 14.1. The molecule has 2 heterocycles. The lowest BCUT2D eigenvalue weighted by Gasteiger charge is -1.99. The zero-order chi connectivity index (χ0) is 11.8. The molecular weight excluding hydrogens is 325 g/mol. The van der Waals surface area contributed by atoms with E-state index < -0.39 is 0 Å². The maximum absolute atomic E-state index is 4.29. The fourth-order valence-corrected chi connectivity index (χ4v) is 3.20. The fraction of sp³-hybridized carbons (Fsp3) is 0.462. The second kappa shape index (κ2) is 4.55. The molecule has 1 radical (unpaired) electrons. The number of hydrogen-bond donors (Lipinski definition) is 1. The van der Waals surface area contributed by atoms with Crippen LogP contribution in [-0.2, 0) is 6.42 Å². The predicted molar refractivity (Wildman–Crippen MR) is 76.9 cm³/mol. The summed E-state index contributed by atoms with van der Waals surface area (Å²) in [5.41, 5.74) is 3.50. The van der Waals surface area contributed by atoms with Crippen molar-refractivity contribution in [2.24, 2.45) is 0 Å². The number of aromatic amines is 1. The molecule has 0 amide bonds. The molecule has 1 aliphatic carbocycles. The summed E-state index contributed by atoms with van der Waals surface area (Å²) in [6.07, 6.45) is 5.66. The number of fused-ring (bicyclic) bond motifs is 1. The molecule has 0 aliphatic heterocycles. The van der Waals surface area contributed by atoms with Crippen LogP contribution in [0.1, 0.15) is 42.9 Å². The summed E-state index contributed by atoms with van der Waals surface area (Å²) in [4.78, 5) is 3.33. The van der Waals surface area contributed by atoms with Crippen LogP contribution < -0.4 is 0 Å². The molecule has 0 aromatic carbocycles. The van der Waals surface area contributed by atoms with Gasteiger partial charge >= 0.3 is 0 Å². The molecule has 3 nitrogen and oxygen atoms in total. The number of hydrogen-bond acceptors (Lipinski definition) is 2.